The molecule has 0 amide bonds. The smallest absolute Gasteiger partial charge is 0.0636 e. The Kier molecular flexibility index (Phi) is 2.69. The van der Waals surface area contributed by atoms with E-state index in [1.165, 1.54) is 12.8 Å². The molecule has 0 heterocycles. The fourth-order valence-electron chi connectivity index (χ4n) is 1.12. The van der Waals surface area contributed by atoms with Gasteiger partial charge >= 0.3 is 0 Å². The number of rotatable bonds is 4. The SMILES string of the molecule is CC(O)CNC(C)C1CC1. The summed E-state index contributed by atoms with van der Waals surface area (Å²) in [5.74, 6) is 0.888. The van der Waals surface area contributed by atoms with Crippen molar-refractivity contribution in [1.29, 1.82) is 0 Å². The van der Waals surface area contributed by atoms with Crippen LogP contribution in [0.2, 0.25) is 0 Å². The lowest BCUT2D eigenvalue weighted by atomic mass is 10.2. The van der Waals surface area contributed by atoms with Gasteiger partial charge in [-0.3, -0.25) is 0 Å². The molecule has 0 saturated heterocycles. The zero-order valence-electron chi connectivity index (χ0n) is 6.80. The maximum absolute atomic E-state index is 8.94. The fraction of sp³-hybridized carbons (Fsp3) is 1.00. The largest absolute Gasteiger partial charge is 0.392 e. The molecule has 0 spiro atoms. The first-order valence-electron chi connectivity index (χ1n) is 4.11. The molecule has 1 aliphatic rings. The molecule has 1 rings (SSSR count). The highest BCUT2D eigenvalue weighted by atomic mass is 16.3. The summed E-state index contributed by atoms with van der Waals surface area (Å²) in [6.45, 7) is 4.74. The van der Waals surface area contributed by atoms with Crippen molar-refractivity contribution >= 4 is 0 Å². The van der Waals surface area contributed by atoms with E-state index in [0.717, 1.165) is 12.5 Å². The lowest BCUT2D eigenvalue weighted by Gasteiger charge is -2.13. The molecule has 60 valence electrons. The maximum Gasteiger partial charge on any atom is 0.0636 e. The molecule has 0 aromatic rings. The van der Waals surface area contributed by atoms with Crippen LogP contribution in [0, 0.1) is 5.92 Å². The van der Waals surface area contributed by atoms with Crippen LogP contribution in [-0.2, 0) is 0 Å². The number of nitrogens with one attached hydrogen (secondary N) is 1. The standard InChI is InChI=1S/C8H17NO/c1-6(10)5-9-7(2)8-3-4-8/h6-10H,3-5H2,1-2H3. The number of aliphatic hydroxyl groups is 1. The zero-order valence-corrected chi connectivity index (χ0v) is 6.80. The van der Waals surface area contributed by atoms with Crippen molar-refractivity contribution in [2.24, 2.45) is 5.92 Å². The van der Waals surface area contributed by atoms with E-state index in [-0.39, 0.29) is 6.10 Å². The van der Waals surface area contributed by atoms with Crippen molar-refractivity contribution in [3.8, 4) is 0 Å². The highest BCUT2D eigenvalue weighted by Gasteiger charge is 2.27. The molecule has 10 heavy (non-hydrogen) atoms. The van der Waals surface area contributed by atoms with E-state index in [1.54, 1.807) is 0 Å². The Bertz CT molecular complexity index is 99.4. The van der Waals surface area contributed by atoms with Crippen LogP contribution in [0.3, 0.4) is 0 Å². The van der Waals surface area contributed by atoms with Crippen molar-refractivity contribution in [3.63, 3.8) is 0 Å². The zero-order chi connectivity index (χ0) is 7.56. The summed E-state index contributed by atoms with van der Waals surface area (Å²) in [4.78, 5) is 0. The van der Waals surface area contributed by atoms with E-state index in [2.05, 4.69) is 12.2 Å². The second-order valence-electron chi connectivity index (χ2n) is 3.38. The lowest BCUT2D eigenvalue weighted by Crippen LogP contribution is -2.33. The van der Waals surface area contributed by atoms with Gasteiger partial charge in [0.2, 0.25) is 0 Å². The molecular weight excluding hydrogens is 126 g/mol. The molecule has 1 aliphatic carbocycles. The first-order valence-corrected chi connectivity index (χ1v) is 4.11. The summed E-state index contributed by atoms with van der Waals surface area (Å²) in [5.41, 5.74) is 0. The molecule has 2 heteroatoms. The van der Waals surface area contributed by atoms with Gasteiger partial charge in [-0.15, -0.1) is 0 Å². The Labute approximate surface area is 62.6 Å². The number of hydrogen-bond donors (Lipinski definition) is 2. The molecule has 1 saturated carbocycles. The average molecular weight is 143 g/mol. The van der Waals surface area contributed by atoms with Crippen LogP contribution in [0.5, 0.6) is 0 Å². The molecule has 2 atom stereocenters. The minimum atomic E-state index is -0.207. The molecule has 0 aromatic heterocycles. The van der Waals surface area contributed by atoms with Gasteiger partial charge in [0.1, 0.15) is 0 Å². The monoisotopic (exact) mass is 143 g/mol. The molecule has 2 nitrogen and oxygen atoms in total. The molecule has 0 aliphatic heterocycles. The summed E-state index contributed by atoms with van der Waals surface area (Å²) in [6, 6.07) is 0.606. The lowest BCUT2D eigenvalue weighted by molar-refractivity contribution is 0.185. The minimum absolute atomic E-state index is 0.207. The van der Waals surface area contributed by atoms with Crippen molar-refractivity contribution in [2.45, 2.75) is 38.8 Å². The quantitative estimate of drug-likeness (QED) is 0.609. The van der Waals surface area contributed by atoms with Gasteiger partial charge in [0, 0.05) is 12.6 Å². The van der Waals surface area contributed by atoms with E-state index in [9.17, 15) is 0 Å². The topological polar surface area (TPSA) is 32.3 Å². The predicted molar refractivity (Wildman–Crippen MR) is 41.9 cm³/mol. The number of aliphatic hydroxyl groups excluding tert-OH is 1. The second kappa shape index (κ2) is 3.35. The first-order chi connectivity index (χ1) is 4.70. The first kappa shape index (κ1) is 8.02. The molecule has 2 N–H and O–H groups in total. The van der Waals surface area contributed by atoms with Crippen LogP contribution in [0.25, 0.3) is 0 Å². The third-order valence-electron chi connectivity index (χ3n) is 2.06. The van der Waals surface area contributed by atoms with Gasteiger partial charge in [-0.05, 0) is 32.6 Å². The summed E-state index contributed by atoms with van der Waals surface area (Å²) in [7, 11) is 0. The van der Waals surface area contributed by atoms with Gasteiger partial charge in [0.05, 0.1) is 6.10 Å². The molecule has 1 fully saturated rings. The van der Waals surface area contributed by atoms with Gasteiger partial charge in [-0.2, -0.15) is 0 Å². The van der Waals surface area contributed by atoms with Gasteiger partial charge < -0.3 is 10.4 Å². The molecule has 0 aromatic carbocycles. The van der Waals surface area contributed by atoms with Crippen LogP contribution in [0.4, 0.5) is 0 Å². The second-order valence-corrected chi connectivity index (χ2v) is 3.38. The Hall–Kier alpha value is -0.0800. The molecular formula is C8H17NO. The van der Waals surface area contributed by atoms with Crippen LogP contribution in [0.1, 0.15) is 26.7 Å². The maximum atomic E-state index is 8.94. The third kappa shape index (κ3) is 2.67. The average Bonchev–Trinajstić information content (AvgIpc) is 2.63. The summed E-state index contributed by atoms with van der Waals surface area (Å²) in [6.07, 6.45) is 2.53. The van der Waals surface area contributed by atoms with Crippen molar-refractivity contribution < 1.29 is 5.11 Å². The van der Waals surface area contributed by atoms with Gasteiger partial charge in [0.15, 0.2) is 0 Å². The van der Waals surface area contributed by atoms with Crippen LogP contribution < -0.4 is 5.32 Å². The van der Waals surface area contributed by atoms with E-state index >= 15 is 0 Å². The van der Waals surface area contributed by atoms with Gasteiger partial charge in [-0.25, -0.2) is 0 Å². The van der Waals surface area contributed by atoms with Crippen LogP contribution in [0.15, 0.2) is 0 Å². The van der Waals surface area contributed by atoms with Gasteiger partial charge in [-0.1, -0.05) is 0 Å². The van der Waals surface area contributed by atoms with E-state index in [4.69, 9.17) is 5.11 Å². The molecule has 0 bridgehead atoms. The Morgan fingerprint density at radius 2 is 2.10 bits per heavy atom. The van der Waals surface area contributed by atoms with Crippen LogP contribution >= 0.6 is 0 Å². The minimum Gasteiger partial charge on any atom is -0.392 e. The predicted octanol–water partition coefficient (Wildman–Crippen LogP) is 0.755. The van der Waals surface area contributed by atoms with E-state index in [1.807, 2.05) is 6.92 Å². The molecule has 0 radical (unpaired) electrons. The molecule has 2 unspecified atom stereocenters. The normalized spacial score (nSPS) is 24.3. The van der Waals surface area contributed by atoms with E-state index in [0.29, 0.717) is 6.04 Å². The summed E-state index contributed by atoms with van der Waals surface area (Å²) >= 11 is 0. The van der Waals surface area contributed by atoms with Crippen molar-refractivity contribution in [3.05, 3.63) is 0 Å². The van der Waals surface area contributed by atoms with Crippen molar-refractivity contribution in [2.75, 3.05) is 6.54 Å². The highest BCUT2D eigenvalue weighted by molar-refractivity contribution is 4.83. The number of hydrogen-bond acceptors (Lipinski definition) is 2. The van der Waals surface area contributed by atoms with Crippen molar-refractivity contribution in [1.82, 2.24) is 5.32 Å². The highest BCUT2D eigenvalue weighted by Crippen LogP contribution is 2.32. The fourth-order valence-corrected chi connectivity index (χ4v) is 1.12. The Morgan fingerprint density at radius 3 is 2.50 bits per heavy atom. The van der Waals surface area contributed by atoms with Gasteiger partial charge in [0.25, 0.3) is 0 Å². The summed E-state index contributed by atoms with van der Waals surface area (Å²) < 4.78 is 0. The Balaban J connectivity index is 2.00. The van der Waals surface area contributed by atoms with E-state index < -0.39 is 0 Å². The Morgan fingerprint density at radius 1 is 1.50 bits per heavy atom. The van der Waals surface area contributed by atoms with Crippen LogP contribution in [-0.4, -0.2) is 23.8 Å². The summed E-state index contributed by atoms with van der Waals surface area (Å²) in [5, 5.41) is 12.2. The third-order valence-corrected chi connectivity index (χ3v) is 2.06.